The van der Waals surface area contributed by atoms with Gasteiger partial charge in [0, 0.05) is 43.1 Å². The molecule has 29 heavy (non-hydrogen) atoms. The number of aromatic nitrogens is 1. The monoisotopic (exact) mass is 485 g/mol. The summed E-state index contributed by atoms with van der Waals surface area (Å²) in [5.41, 5.74) is 0.960. The van der Waals surface area contributed by atoms with Gasteiger partial charge in [0.05, 0.1) is 24.6 Å². The van der Waals surface area contributed by atoms with Crippen LogP contribution in [0.4, 0.5) is 0 Å². The number of ether oxygens (including phenoxy) is 1. The van der Waals surface area contributed by atoms with E-state index in [-0.39, 0.29) is 23.4 Å². The van der Waals surface area contributed by atoms with Crippen LogP contribution in [0.2, 0.25) is 0 Å². The molecule has 9 heteroatoms. The van der Waals surface area contributed by atoms with Crippen molar-refractivity contribution in [1.29, 1.82) is 0 Å². The molecule has 2 aromatic rings. The molecule has 0 unspecified atom stereocenters. The van der Waals surface area contributed by atoms with Crippen molar-refractivity contribution in [2.45, 2.75) is 31.3 Å². The van der Waals surface area contributed by atoms with Crippen molar-refractivity contribution in [2.75, 3.05) is 26.8 Å². The van der Waals surface area contributed by atoms with Crippen LogP contribution in [0.25, 0.3) is 0 Å². The number of hydrogen-bond donors (Lipinski definition) is 0. The Hall–Kier alpha value is -1.68. The summed E-state index contributed by atoms with van der Waals surface area (Å²) in [5, 5.41) is 0. The molecule has 0 N–H and O–H groups in total. The number of benzene rings is 1. The Morgan fingerprint density at radius 2 is 1.86 bits per heavy atom. The van der Waals surface area contributed by atoms with E-state index in [1.165, 1.54) is 16.4 Å². The molecule has 0 atom stereocenters. The highest BCUT2D eigenvalue weighted by atomic mass is 79.9. The molecule has 1 aromatic carbocycles. The van der Waals surface area contributed by atoms with Gasteiger partial charge >= 0.3 is 0 Å². The Morgan fingerprint density at radius 1 is 1.21 bits per heavy atom. The molecular weight excluding hydrogens is 458 g/mol. The molecule has 0 fully saturated rings. The van der Waals surface area contributed by atoms with E-state index in [9.17, 15) is 13.2 Å². The Kier molecular flexibility index (Phi) is 8.45. The zero-order chi connectivity index (χ0) is 21.6. The van der Waals surface area contributed by atoms with Crippen molar-refractivity contribution in [1.82, 2.24) is 13.8 Å². The van der Waals surface area contributed by atoms with Gasteiger partial charge < -0.3 is 14.2 Å². The van der Waals surface area contributed by atoms with Crippen molar-refractivity contribution in [2.24, 2.45) is 7.05 Å². The first-order chi connectivity index (χ1) is 13.7. The molecule has 0 bridgehead atoms. The van der Waals surface area contributed by atoms with Crippen LogP contribution >= 0.6 is 15.9 Å². The Labute approximate surface area is 181 Å². The van der Waals surface area contributed by atoms with Crippen molar-refractivity contribution < 1.29 is 17.9 Å². The number of hydrogen-bond acceptors (Lipinski definition) is 4. The summed E-state index contributed by atoms with van der Waals surface area (Å²) in [6, 6.07) is 9.89. The zero-order valence-electron chi connectivity index (χ0n) is 17.2. The van der Waals surface area contributed by atoms with E-state index in [2.05, 4.69) is 15.9 Å². The highest BCUT2D eigenvalue weighted by Crippen LogP contribution is 2.21. The van der Waals surface area contributed by atoms with E-state index in [4.69, 9.17) is 4.74 Å². The molecule has 0 aliphatic heterocycles. The van der Waals surface area contributed by atoms with Gasteiger partial charge in [0.2, 0.25) is 15.9 Å². The van der Waals surface area contributed by atoms with Gasteiger partial charge in [-0.1, -0.05) is 15.9 Å². The number of rotatable bonds is 10. The quantitative estimate of drug-likeness (QED) is 0.518. The Morgan fingerprint density at radius 3 is 2.38 bits per heavy atom. The third-order valence-electron chi connectivity index (χ3n) is 4.61. The first-order valence-corrected chi connectivity index (χ1v) is 11.5. The van der Waals surface area contributed by atoms with E-state index in [0.717, 1.165) is 10.2 Å². The molecule has 0 aliphatic carbocycles. The number of halogens is 1. The molecule has 0 aliphatic rings. The normalized spacial score (nSPS) is 12.0. The third kappa shape index (κ3) is 6.15. The van der Waals surface area contributed by atoms with Crippen LogP contribution < -0.4 is 0 Å². The minimum atomic E-state index is -3.81. The number of aryl methyl sites for hydroxylation is 1. The number of amides is 1. The second kappa shape index (κ2) is 10.4. The van der Waals surface area contributed by atoms with Gasteiger partial charge in [0.15, 0.2) is 0 Å². The van der Waals surface area contributed by atoms with Crippen molar-refractivity contribution >= 4 is 31.9 Å². The summed E-state index contributed by atoms with van der Waals surface area (Å²) in [6.07, 6.45) is 1.91. The summed E-state index contributed by atoms with van der Waals surface area (Å²) in [6.45, 7) is 4.43. The molecule has 1 amide bonds. The fourth-order valence-corrected chi connectivity index (χ4v) is 4.72. The highest BCUT2D eigenvalue weighted by Gasteiger charge is 2.30. The summed E-state index contributed by atoms with van der Waals surface area (Å²) in [4.78, 5) is 14.9. The van der Waals surface area contributed by atoms with Crippen molar-refractivity contribution in [3.8, 4) is 0 Å². The van der Waals surface area contributed by atoms with Crippen molar-refractivity contribution in [3.05, 3.63) is 52.8 Å². The predicted octanol–water partition coefficient (Wildman–Crippen LogP) is 2.86. The summed E-state index contributed by atoms with van der Waals surface area (Å²) >= 11 is 3.31. The molecule has 0 radical (unpaired) electrons. The van der Waals surface area contributed by atoms with Gasteiger partial charge in [-0.25, -0.2) is 8.42 Å². The number of nitrogens with zero attached hydrogens (tertiary/aromatic N) is 3. The number of methoxy groups -OCH3 is 1. The van der Waals surface area contributed by atoms with Crippen LogP contribution in [0.5, 0.6) is 0 Å². The van der Waals surface area contributed by atoms with Gasteiger partial charge in [0.1, 0.15) is 0 Å². The summed E-state index contributed by atoms with van der Waals surface area (Å²) in [5.74, 6) is -0.266. The van der Waals surface area contributed by atoms with Gasteiger partial charge in [-0.2, -0.15) is 4.31 Å². The van der Waals surface area contributed by atoms with Crippen LogP contribution in [-0.2, 0) is 33.1 Å². The maximum atomic E-state index is 13.1. The van der Waals surface area contributed by atoms with Crippen LogP contribution in [0, 0.1) is 0 Å². The van der Waals surface area contributed by atoms with Crippen LogP contribution in [-0.4, -0.2) is 60.9 Å². The average Bonchev–Trinajstić information content (AvgIpc) is 3.07. The Balaban J connectivity index is 2.25. The van der Waals surface area contributed by atoms with E-state index >= 15 is 0 Å². The molecule has 7 nitrogen and oxygen atoms in total. The van der Waals surface area contributed by atoms with Crippen LogP contribution in [0.1, 0.15) is 19.5 Å². The lowest BCUT2D eigenvalue weighted by atomic mass is 10.3. The van der Waals surface area contributed by atoms with Gasteiger partial charge in [-0.15, -0.1) is 0 Å². The van der Waals surface area contributed by atoms with E-state index in [1.807, 2.05) is 29.9 Å². The molecule has 0 saturated heterocycles. The molecule has 1 heterocycles. The average molecular weight is 486 g/mol. The summed E-state index contributed by atoms with van der Waals surface area (Å²) < 4.78 is 35.4. The number of carbonyl (C=O) groups excluding carboxylic acids is 1. The van der Waals surface area contributed by atoms with E-state index in [1.54, 1.807) is 38.0 Å². The fraction of sp³-hybridized carbons (Fsp3) is 0.450. The SMILES string of the molecule is COCCN(Cc1cccn1C)C(=O)CN(C(C)C)S(=O)(=O)c1ccc(Br)cc1. The lowest BCUT2D eigenvalue weighted by molar-refractivity contribution is -0.133. The topological polar surface area (TPSA) is 71.8 Å². The molecule has 0 spiro atoms. The minimum Gasteiger partial charge on any atom is -0.383 e. The second-order valence-corrected chi connectivity index (χ2v) is 9.82. The summed E-state index contributed by atoms with van der Waals surface area (Å²) in [7, 11) is -0.325. The van der Waals surface area contributed by atoms with E-state index in [0.29, 0.717) is 19.7 Å². The standard InChI is InChI=1S/C20H28BrN3O4S/c1-16(2)24(29(26,27)19-9-7-17(21)8-10-19)15-20(25)23(12-13-28-4)14-18-6-5-11-22(18)3/h5-11,16H,12-15H2,1-4H3. The zero-order valence-corrected chi connectivity index (χ0v) is 19.6. The first-order valence-electron chi connectivity index (χ1n) is 9.31. The van der Waals surface area contributed by atoms with Crippen LogP contribution in [0.3, 0.4) is 0 Å². The fourth-order valence-electron chi connectivity index (χ4n) is 2.87. The smallest absolute Gasteiger partial charge is 0.243 e. The minimum absolute atomic E-state index is 0.160. The molecule has 1 aromatic heterocycles. The maximum Gasteiger partial charge on any atom is 0.243 e. The van der Waals surface area contributed by atoms with Gasteiger partial charge in [-0.3, -0.25) is 4.79 Å². The Bertz CT molecular complexity index is 910. The molecule has 2 rings (SSSR count). The lowest BCUT2D eigenvalue weighted by Gasteiger charge is -2.29. The molecule has 0 saturated carbocycles. The molecule has 160 valence electrons. The largest absolute Gasteiger partial charge is 0.383 e. The van der Waals surface area contributed by atoms with Crippen molar-refractivity contribution in [3.63, 3.8) is 0 Å². The predicted molar refractivity (Wildman–Crippen MR) is 116 cm³/mol. The number of carbonyl (C=O) groups is 1. The number of sulfonamides is 1. The first kappa shape index (κ1) is 23.6. The second-order valence-electron chi connectivity index (χ2n) is 7.02. The van der Waals surface area contributed by atoms with Crippen LogP contribution in [0.15, 0.2) is 52.0 Å². The van der Waals surface area contributed by atoms with Gasteiger partial charge in [0.25, 0.3) is 0 Å². The maximum absolute atomic E-state index is 13.1. The third-order valence-corrected chi connectivity index (χ3v) is 7.17. The molecular formula is C20H28BrN3O4S. The highest BCUT2D eigenvalue weighted by molar-refractivity contribution is 9.10. The van der Waals surface area contributed by atoms with E-state index < -0.39 is 10.0 Å². The van der Waals surface area contributed by atoms with Gasteiger partial charge in [-0.05, 0) is 50.2 Å². The lowest BCUT2D eigenvalue weighted by Crippen LogP contribution is -2.46.